The molecule has 122 valence electrons. The molecule has 0 spiro atoms. The highest BCUT2D eigenvalue weighted by Gasteiger charge is 2.48. The molecule has 22 heavy (non-hydrogen) atoms. The summed E-state index contributed by atoms with van der Waals surface area (Å²) in [4.78, 5) is 9.85. The number of halogens is 3. The zero-order chi connectivity index (χ0) is 16.0. The van der Waals surface area contributed by atoms with Crippen molar-refractivity contribution in [2.45, 2.75) is 50.6 Å². The molecule has 2 fully saturated rings. The molecule has 0 aromatic carbocycles. The van der Waals surface area contributed by atoms with Crippen molar-refractivity contribution in [3.8, 4) is 0 Å². The number of aromatic nitrogens is 2. The van der Waals surface area contributed by atoms with E-state index in [4.69, 9.17) is 4.74 Å². The number of alkyl halides is 3. The average Bonchev–Trinajstić information content (AvgIpc) is 3.20. The van der Waals surface area contributed by atoms with Crippen LogP contribution >= 0.6 is 0 Å². The van der Waals surface area contributed by atoms with E-state index >= 15 is 0 Å². The summed E-state index contributed by atoms with van der Waals surface area (Å²) in [6, 6.07) is 2.12. The summed E-state index contributed by atoms with van der Waals surface area (Å²) in [6.45, 7) is 3.40. The van der Waals surface area contributed by atoms with Crippen LogP contribution in [-0.2, 0) is 4.74 Å². The van der Waals surface area contributed by atoms with E-state index < -0.39 is 17.9 Å². The third-order valence-electron chi connectivity index (χ3n) is 3.69. The van der Waals surface area contributed by atoms with Crippen LogP contribution in [0, 0.1) is 0 Å². The van der Waals surface area contributed by atoms with Gasteiger partial charge >= 0.3 is 6.18 Å². The van der Waals surface area contributed by atoms with Crippen molar-refractivity contribution in [2.75, 3.05) is 23.3 Å². The number of anilines is 2. The molecule has 1 aromatic rings. The first kappa shape index (κ1) is 15.3. The van der Waals surface area contributed by atoms with Crippen molar-refractivity contribution in [2.24, 2.45) is 0 Å². The molecule has 0 amide bonds. The SMILES string of the molecule is CC1(C)CN(c2cc(NC3CC3)ncn2)CC(C(F)(F)F)O1. The van der Waals surface area contributed by atoms with E-state index in [1.807, 2.05) is 0 Å². The number of nitrogens with one attached hydrogen (secondary N) is 1. The number of nitrogens with zero attached hydrogens (tertiary/aromatic N) is 3. The Balaban J connectivity index is 1.80. The van der Waals surface area contributed by atoms with Gasteiger partial charge in [-0.05, 0) is 26.7 Å². The first-order valence-corrected chi connectivity index (χ1v) is 7.31. The largest absolute Gasteiger partial charge is 0.416 e. The zero-order valence-corrected chi connectivity index (χ0v) is 12.5. The highest BCUT2D eigenvalue weighted by molar-refractivity contribution is 5.50. The minimum absolute atomic E-state index is 0.257. The smallest absolute Gasteiger partial charge is 0.367 e. The van der Waals surface area contributed by atoms with Crippen LogP contribution in [-0.4, -0.2) is 47.0 Å². The van der Waals surface area contributed by atoms with E-state index in [1.54, 1.807) is 24.8 Å². The summed E-state index contributed by atoms with van der Waals surface area (Å²) < 4.78 is 44.3. The Bertz CT molecular complexity index is 545. The molecule has 5 nitrogen and oxygen atoms in total. The lowest BCUT2D eigenvalue weighted by Gasteiger charge is -2.43. The van der Waals surface area contributed by atoms with Crippen molar-refractivity contribution in [1.29, 1.82) is 0 Å². The molecular weight excluding hydrogens is 297 g/mol. The van der Waals surface area contributed by atoms with E-state index in [9.17, 15) is 13.2 Å². The van der Waals surface area contributed by atoms with Crippen LogP contribution in [0.2, 0.25) is 0 Å². The average molecular weight is 316 g/mol. The van der Waals surface area contributed by atoms with Gasteiger partial charge in [-0.25, -0.2) is 9.97 Å². The van der Waals surface area contributed by atoms with Gasteiger partial charge in [0.2, 0.25) is 0 Å². The molecule has 1 aliphatic heterocycles. The van der Waals surface area contributed by atoms with E-state index in [0.29, 0.717) is 24.2 Å². The van der Waals surface area contributed by atoms with E-state index in [-0.39, 0.29) is 6.54 Å². The van der Waals surface area contributed by atoms with Gasteiger partial charge in [-0.1, -0.05) is 0 Å². The fourth-order valence-corrected chi connectivity index (χ4v) is 2.56. The number of hydrogen-bond donors (Lipinski definition) is 1. The standard InChI is InChI=1S/C14H19F3N4O/c1-13(2)7-21(6-10(22-13)14(15,16)17)12-5-11(18-8-19-12)20-9-3-4-9/h5,8-10H,3-4,6-7H2,1-2H3,(H,18,19,20). The Morgan fingerprint density at radius 2 is 2.05 bits per heavy atom. The Morgan fingerprint density at radius 1 is 1.32 bits per heavy atom. The Labute approximate surface area is 126 Å². The fraction of sp³-hybridized carbons (Fsp3) is 0.714. The van der Waals surface area contributed by atoms with Gasteiger partial charge in [0.25, 0.3) is 0 Å². The molecule has 1 aliphatic carbocycles. The molecule has 1 unspecified atom stereocenters. The van der Waals surface area contributed by atoms with Gasteiger partial charge in [0, 0.05) is 18.7 Å². The Morgan fingerprint density at radius 3 is 2.68 bits per heavy atom. The van der Waals surface area contributed by atoms with Crippen LogP contribution in [0.3, 0.4) is 0 Å². The molecular formula is C14H19F3N4O. The summed E-state index contributed by atoms with van der Waals surface area (Å²) in [5.41, 5.74) is -0.895. The second kappa shape index (κ2) is 5.26. The number of hydrogen-bond acceptors (Lipinski definition) is 5. The monoisotopic (exact) mass is 316 g/mol. The van der Waals surface area contributed by atoms with Crippen molar-refractivity contribution in [3.05, 3.63) is 12.4 Å². The molecule has 3 rings (SSSR count). The predicted molar refractivity (Wildman–Crippen MR) is 75.9 cm³/mol. The number of morpholine rings is 1. The van der Waals surface area contributed by atoms with Crippen LogP contribution in [0.5, 0.6) is 0 Å². The molecule has 1 aromatic heterocycles. The van der Waals surface area contributed by atoms with E-state index in [2.05, 4.69) is 15.3 Å². The van der Waals surface area contributed by atoms with Crippen LogP contribution in [0.25, 0.3) is 0 Å². The first-order chi connectivity index (χ1) is 10.2. The van der Waals surface area contributed by atoms with Crippen molar-refractivity contribution in [3.63, 3.8) is 0 Å². The van der Waals surface area contributed by atoms with Gasteiger partial charge in [0.1, 0.15) is 18.0 Å². The summed E-state index contributed by atoms with van der Waals surface area (Å²) in [5.74, 6) is 1.14. The van der Waals surface area contributed by atoms with Crippen LogP contribution in [0.15, 0.2) is 12.4 Å². The maximum absolute atomic E-state index is 13.0. The lowest BCUT2D eigenvalue weighted by Crippen LogP contribution is -2.57. The molecule has 2 heterocycles. The lowest BCUT2D eigenvalue weighted by atomic mass is 10.0. The Hall–Kier alpha value is -1.57. The quantitative estimate of drug-likeness (QED) is 0.929. The van der Waals surface area contributed by atoms with Gasteiger partial charge in [0.05, 0.1) is 12.1 Å². The van der Waals surface area contributed by atoms with Crippen molar-refractivity contribution in [1.82, 2.24) is 9.97 Å². The summed E-state index contributed by atoms with van der Waals surface area (Å²) in [5, 5.41) is 3.23. The van der Waals surface area contributed by atoms with Crippen molar-refractivity contribution >= 4 is 11.6 Å². The molecule has 1 saturated heterocycles. The fourth-order valence-electron chi connectivity index (χ4n) is 2.56. The van der Waals surface area contributed by atoms with Crippen LogP contribution < -0.4 is 10.2 Å². The maximum atomic E-state index is 13.0. The molecule has 1 N–H and O–H groups in total. The molecule has 0 bridgehead atoms. The van der Waals surface area contributed by atoms with E-state index in [1.165, 1.54) is 6.33 Å². The highest BCUT2D eigenvalue weighted by Crippen LogP contribution is 2.33. The third kappa shape index (κ3) is 3.60. The molecule has 1 atom stereocenters. The van der Waals surface area contributed by atoms with Gasteiger partial charge in [-0.15, -0.1) is 0 Å². The minimum atomic E-state index is -4.39. The molecule has 1 saturated carbocycles. The second-order valence-corrected chi connectivity index (χ2v) is 6.47. The maximum Gasteiger partial charge on any atom is 0.416 e. The van der Waals surface area contributed by atoms with Gasteiger partial charge < -0.3 is 15.0 Å². The van der Waals surface area contributed by atoms with Crippen molar-refractivity contribution < 1.29 is 17.9 Å². The van der Waals surface area contributed by atoms with E-state index in [0.717, 1.165) is 12.8 Å². The Kier molecular flexibility index (Phi) is 3.66. The summed E-state index contributed by atoms with van der Waals surface area (Å²) >= 11 is 0. The number of rotatable bonds is 3. The van der Waals surface area contributed by atoms with Gasteiger partial charge in [-0.3, -0.25) is 0 Å². The van der Waals surface area contributed by atoms with Gasteiger partial charge in [0.15, 0.2) is 6.10 Å². The third-order valence-corrected chi connectivity index (χ3v) is 3.69. The molecule has 2 aliphatic rings. The second-order valence-electron chi connectivity index (χ2n) is 6.47. The van der Waals surface area contributed by atoms with Crippen LogP contribution in [0.1, 0.15) is 26.7 Å². The molecule has 0 radical (unpaired) electrons. The summed E-state index contributed by atoms with van der Waals surface area (Å²) in [6.07, 6.45) is -2.63. The topological polar surface area (TPSA) is 50.3 Å². The normalized spacial score (nSPS) is 25.1. The minimum Gasteiger partial charge on any atom is -0.367 e. The van der Waals surface area contributed by atoms with Crippen LogP contribution in [0.4, 0.5) is 24.8 Å². The summed E-state index contributed by atoms with van der Waals surface area (Å²) in [7, 11) is 0. The van der Waals surface area contributed by atoms with Gasteiger partial charge in [-0.2, -0.15) is 13.2 Å². The molecule has 8 heteroatoms. The highest BCUT2D eigenvalue weighted by atomic mass is 19.4. The zero-order valence-electron chi connectivity index (χ0n) is 12.5. The number of ether oxygens (including phenoxy) is 1. The first-order valence-electron chi connectivity index (χ1n) is 7.31. The lowest BCUT2D eigenvalue weighted by molar-refractivity contribution is -0.251. The predicted octanol–water partition coefficient (Wildman–Crippen LogP) is 2.60.